The minimum atomic E-state index is 0.361. The van der Waals surface area contributed by atoms with Gasteiger partial charge in [0.2, 0.25) is 0 Å². The van der Waals surface area contributed by atoms with Gasteiger partial charge in [0.15, 0.2) is 0 Å². The standard InChI is InChI=1S/C13H24N4/c1-3-12(13-14-7-8-15-13)16-10-11-6-4-5-9-17(11)2/h7-8,11-12,16H,3-6,9-10H2,1-2H3,(H,14,15). The van der Waals surface area contributed by atoms with Crippen molar-refractivity contribution in [3.8, 4) is 0 Å². The largest absolute Gasteiger partial charge is 0.347 e. The molecule has 0 spiro atoms. The van der Waals surface area contributed by atoms with Gasteiger partial charge in [-0.05, 0) is 32.9 Å². The highest BCUT2D eigenvalue weighted by Crippen LogP contribution is 2.16. The predicted octanol–water partition coefficient (Wildman–Crippen LogP) is 1.93. The van der Waals surface area contributed by atoms with E-state index < -0.39 is 0 Å². The lowest BCUT2D eigenvalue weighted by Crippen LogP contribution is -2.43. The SMILES string of the molecule is CCC(NCC1CCCCN1C)c1ncc[nH]1. The van der Waals surface area contributed by atoms with Gasteiger partial charge in [0, 0.05) is 25.0 Å². The molecule has 1 saturated heterocycles. The van der Waals surface area contributed by atoms with Crippen molar-refractivity contribution in [2.75, 3.05) is 20.1 Å². The molecule has 0 amide bonds. The quantitative estimate of drug-likeness (QED) is 0.821. The minimum absolute atomic E-state index is 0.361. The molecule has 0 aromatic carbocycles. The van der Waals surface area contributed by atoms with Gasteiger partial charge < -0.3 is 15.2 Å². The van der Waals surface area contributed by atoms with E-state index in [0.717, 1.165) is 18.8 Å². The maximum Gasteiger partial charge on any atom is 0.123 e. The summed E-state index contributed by atoms with van der Waals surface area (Å²) < 4.78 is 0. The van der Waals surface area contributed by atoms with E-state index in [2.05, 4.69) is 34.2 Å². The fourth-order valence-corrected chi connectivity index (χ4v) is 2.58. The normalized spacial score (nSPS) is 23.8. The van der Waals surface area contributed by atoms with E-state index in [0.29, 0.717) is 12.1 Å². The molecule has 2 rings (SSSR count). The van der Waals surface area contributed by atoms with E-state index >= 15 is 0 Å². The van der Waals surface area contributed by atoms with Crippen LogP contribution in [0, 0.1) is 0 Å². The van der Waals surface area contributed by atoms with Crippen LogP contribution in [0.2, 0.25) is 0 Å². The second-order valence-corrected chi connectivity index (χ2v) is 4.97. The van der Waals surface area contributed by atoms with Crippen molar-refractivity contribution in [1.82, 2.24) is 20.2 Å². The molecule has 4 heteroatoms. The molecule has 1 aromatic rings. The zero-order valence-electron chi connectivity index (χ0n) is 10.9. The Bertz CT molecular complexity index is 309. The predicted molar refractivity (Wildman–Crippen MR) is 69.9 cm³/mol. The number of piperidine rings is 1. The molecule has 2 heterocycles. The summed E-state index contributed by atoms with van der Waals surface area (Å²) in [4.78, 5) is 10.0. The number of aromatic amines is 1. The lowest BCUT2D eigenvalue weighted by Gasteiger charge is -2.33. The maximum atomic E-state index is 4.34. The van der Waals surface area contributed by atoms with Crippen molar-refractivity contribution in [1.29, 1.82) is 0 Å². The maximum absolute atomic E-state index is 4.34. The van der Waals surface area contributed by atoms with Crippen LogP contribution in [0.25, 0.3) is 0 Å². The Kier molecular flexibility index (Phi) is 4.57. The van der Waals surface area contributed by atoms with Crippen LogP contribution in [0.4, 0.5) is 0 Å². The lowest BCUT2D eigenvalue weighted by atomic mass is 10.0. The third kappa shape index (κ3) is 3.30. The summed E-state index contributed by atoms with van der Waals surface area (Å²) in [5.41, 5.74) is 0. The van der Waals surface area contributed by atoms with E-state index in [-0.39, 0.29) is 0 Å². The highest BCUT2D eigenvalue weighted by Gasteiger charge is 2.20. The van der Waals surface area contributed by atoms with Crippen LogP contribution >= 0.6 is 0 Å². The van der Waals surface area contributed by atoms with Gasteiger partial charge in [-0.1, -0.05) is 13.3 Å². The first-order valence-corrected chi connectivity index (χ1v) is 6.74. The molecule has 2 N–H and O–H groups in total. The number of hydrogen-bond donors (Lipinski definition) is 2. The van der Waals surface area contributed by atoms with Gasteiger partial charge in [0.1, 0.15) is 5.82 Å². The summed E-state index contributed by atoms with van der Waals surface area (Å²) >= 11 is 0. The van der Waals surface area contributed by atoms with Gasteiger partial charge in [-0.25, -0.2) is 4.98 Å². The van der Waals surface area contributed by atoms with Gasteiger partial charge in [0.25, 0.3) is 0 Å². The molecule has 0 aliphatic carbocycles. The number of hydrogen-bond acceptors (Lipinski definition) is 3. The highest BCUT2D eigenvalue weighted by molar-refractivity contribution is 4.95. The van der Waals surface area contributed by atoms with Gasteiger partial charge >= 0.3 is 0 Å². The van der Waals surface area contributed by atoms with Crippen molar-refractivity contribution >= 4 is 0 Å². The van der Waals surface area contributed by atoms with Crippen LogP contribution in [-0.4, -0.2) is 41.0 Å². The van der Waals surface area contributed by atoms with Crippen LogP contribution < -0.4 is 5.32 Å². The molecule has 2 unspecified atom stereocenters. The number of imidazole rings is 1. The first kappa shape index (κ1) is 12.6. The Morgan fingerprint density at radius 2 is 2.47 bits per heavy atom. The topological polar surface area (TPSA) is 44.0 Å². The molecule has 0 radical (unpaired) electrons. The summed E-state index contributed by atoms with van der Waals surface area (Å²) in [7, 11) is 2.24. The molecule has 1 aliphatic rings. The Morgan fingerprint density at radius 3 is 3.12 bits per heavy atom. The van der Waals surface area contributed by atoms with Crippen molar-refractivity contribution < 1.29 is 0 Å². The van der Waals surface area contributed by atoms with Crippen molar-refractivity contribution in [2.45, 2.75) is 44.7 Å². The van der Waals surface area contributed by atoms with Crippen LogP contribution in [0.3, 0.4) is 0 Å². The number of likely N-dealkylation sites (tertiary alicyclic amines) is 1. The molecule has 1 aliphatic heterocycles. The van der Waals surface area contributed by atoms with Gasteiger partial charge in [0.05, 0.1) is 6.04 Å². The molecule has 2 atom stereocenters. The average molecular weight is 236 g/mol. The fourth-order valence-electron chi connectivity index (χ4n) is 2.58. The minimum Gasteiger partial charge on any atom is -0.347 e. The van der Waals surface area contributed by atoms with Gasteiger partial charge in [-0.2, -0.15) is 0 Å². The summed E-state index contributed by atoms with van der Waals surface area (Å²) in [6.45, 7) is 4.50. The summed E-state index contributed by atoms with van der Waals surface area (Å²) in [6.07, 6.45) is 8.83. The van der Waals surface area contributed by atoms with Crippen LogP contribution in [-0.2, 0) is 0 Å². The van der Waals surface area contributed by atoms with Crippen LogP contribution in [0.1, 0.15) is 44.5 Å². The molecule has 0 saturated carbocycles. The Morgan fingerprint density at radius 1 is 1.59 bits per heavy atom. The van der Waals surface area contributed by atoms with Crippen molar-refractivity contribution in [2.24, 2.45) is 0 Å². The average Bonchev–Trinajstić information content (AvgIpc) is 2.86. The van der Waals surface area contributed by atoms with Gasteiger partial charge in [-0.3, -0.25) is 0 Å². The molecular weight excluding hydrogens is 212 g/mol. The van der Waals surface area contributed by atoms with Crippen molar-refractivity contribution in [3.05, 3.63) is 18.2 Å². The van der Waals surface area contributed by atoms with E-state index in [4.69, 9.17) is 0 Å². The third-order valence-corrected chi connectivity index (χ3v) is 3.78. The Hall–Kier alpha value is -0.870. The number of aromatic nitrogens is 2. The van der Waals surface area contributed by atoms with E-state index in [9.17, 15) is 0 Å². The van der Waals surface area contributed by atoms with E-state index in [1.807, 2.05) is 12.4 Å². The van der Waals surface area contributed by atoms with Gasteiger partial charge in [-0.15, -0.1) is 0 Å². The first-order chi connectivity index (χ1) is 8.31. The molecule has 4 nitrogen and oxygen atoms in total. The lowest BCUT2D eigenvalue weighted by molar-refractivity contribution is 0.177. The first-order valence-electron chi connectivity index (χ1n) is 6.74. The number of H-pyrrole nitrogens is 1. The highest BCUT2D eigenvalue weighted by atomic mass is 15.2. The van der Waals surface area contributed by atoms with E-state index in [1.165, 1.54) is 25.8 Å². The molecule has 0 bridgehead atoms. The summed E-state index contributed by atoms with van der Waals surface area (Å²) in [6, 6.07) is 1.05. The second-order valence-electron chi connectivity index (χ2n) is 4.97. The number of rotatable bonds is 5. The number of likely N-dealkylation sites (N-methyl/N-ethyl adjacent to an activating group) is 1. The molecule has 1 aromatic heterocycles. The molecule has 1 fully saturated rings. The molecule has 96 valence electrons. The van der Waals surface area contributed by atoms with Crippen LogP contribution in [0.15, 0.2) is 12.4 Å². The molecular formula is C13H24N4. The zero-order chi connectivity index (χ0) is 12.1. The number of nitrogens with zero attached hydrogens (tertiary/aromatic N) is 2. The Labute approximate surface area is 104 Å². The zero-order valence-corrected chi connectivity index (χ0v) is 10.9. The summed E-state index contributed by atoms with van der Waals surface area (Å²) in [5.74, 6) is 1.06. The fraction of sp³-hybridized carbons (Fsp3) is 0.769. The smallest absolute Gasteiger partial charge is 0.123 e. The van der Waals surface area contributed by atoms with E-state index in [1.54, 1.807) is 0 Å². The number of nitrogens with one attached hydrogen (secondary N) is 2. The monoisotopic (exact) mass is 236 g/mol. The third-order valence-electron chi connectivity index (χ3n) is 3.78. The van der Waals surface area contributed by atoms with Crippen LogP contribution in [0.5, 0.6) is 0 Å². The van der Waals surface area contributed by atoms with Crippen molar-refractivity contribution in [3.63, 3.8) is 0 Å². The second kappa shape index (κ2) is 6.17. The molecule has 17 heavy (non-hydrogen) atoms. The Balaban J connectivity index is 1.83. The summed E-state index contributed by atoms with van der Waals surface area (Å²) in [5, 5.41) is 3.64.